The molecular weight excluding hydrogens is 389 g/mol. The van der Waals surface area contributed by atoms with Gasteiger partial charge in [-0.25, -0.2) is 4.79 Å². The first-order valence-electron chi connectivity index (χ1n) is 9.90. The van der Waals surface area contributed by atoms with Crippen molar-refractivity contribution in [3.05, 3.63) is 34.9 Å². The lowest BCUT2D eigenvalue weighted by molar-refractivity contribution is -0.155. The molecule has 0 aliphatic carbocycles. The van der Waals surface area contributed by atoms with Crippen molar-refractivity contribution in [2.24, 2.45) is 5.92 Å². The summed E-state index contributed by atoms with van der Waals surface area (Å²) in [7, 11) is -6.00. The number of nitrogens with zero attached hydrogens (tertiary/aromatic N) is 1. The zero-order chi connectivity index (χ0) is 21.5. The van der Waals surface area contributed by atoms with Gasteiger partial charge in [-0.3, -0.25) is 9.69 Å². The topological polar surface area (TPSA) is 46.6 Å². The van der Waals surface area contributed by atoms with E-state index in [1.54, 1.807) is 0 Å². The molecule has 160 valence electrons. The van der Waals surface area contributed by atoms with Crippen LogP contribution in [0.3, 0.4) is 0 Å². The maximum absolute atomic E-state index is 12.5. The number of carbonyl (C=O) groups excluding carboxylic acids is 2. The third-order valence-corrected chi connectivity index (χ3v) is 6.02. The van der Waals surface area contributed by atoms with Crippen molar-refractivity contribution in [3.63, 3.8) is 0 Å². The van der Waals surface area contributed by atoms with Gasteiger partial charge in [0.15, 0.2) is 5.78 Å². The molecule has 3 atom stereocenters. The predicted octanol–water partition coefficient (Wildman–Crippen LogP) is 4.34. The molecule has 1 aromatic carbocycles. The maximum Gasteiger partial charge on any atom is 0.673 e. The van der Waals surface area contributed by atoms with Crippen LogP contribution in [0.4, 0.5) is 17.3 Å². The number of hydrogen-bond donors (Lipinski definition) is 0. The zero-order valence-electron chi connectivity index (χ0n) is 16.7. The van der Waals surface area contributed by atoms with Gasteiger partial charge in [0.25, 0.3) is 0 Å². The van der Waals surface area contributed by atoms with E-state index in [4.69, 9.17) is 4.74 Å². The Bertz CT molecular complexity index is 754. The molecule has 5 rings (SSSR count). The Morgan fingerprint density at radius 3 is 1.93 bits per heavy atom. The highest BCUT2D eigenvalue weighted by Gasteiger charge is 2.52. The van der Waals surface area contributed by atoms with Gasteiger partial charge in [-0.1, -0.05) is 17.2 Å². The third kappa shape index (κ3) is 5.18. The molecule has 4 fully saturated rings. The van der Waals surface area contributed by atoms with E-state index in [1.165, 1.54) is 0 Å². The molecule has 0 spiro atoms. The normalized spacial score (nSPS) is 33.0. The molecule has 3 unspecified atom stereocenters. The van der Waals surface area contributed by atoms with Crippen LogP contribution >= 0.6 is 0 Å². The molecule has 29 heavy (non-hydrogen) atoms. The van der Waals surface area contributed by atoms with E-state index in [-0.39, 0.29) is 24.0 Å². The fourth-order valence-electron chi connectivity index (χ4n) is 5.19. The molecule has 0 amide bonds. The van der Waals surface area contributed by atoms with Crippen LogP contribution in [0.5, 0.6) is 0 Å². The summed E-state index contributed by atoms with van der Waals surface area (Å²) in [4.78, 5) is 27.1. The van der Waals surface area contributed by atoms with Crippen LogP contribution in [-0.4, -0.2) is 48.1 Å². The highest BCUT2D eigenvalue weighted by Crippen LogP contribution is 2.44. The van der Waals surface area contributed by atoms with E-state index in [9.17, 15) is 26.9 Å². The summed E-state index contributed by atoms with van der Waals surface area (Å²) in [6.45, 7) is 6.03. The predicted molar refractivity (Wildman–Crippen MR) is 101 cm³/mol. The molecule has 0 aromatic heterocycles. The van der Waals surface area contributed by atoms with Crippen molar-refractivity contribution in [2.75, 3.05) is 0 Å². The van der Waals surface area contributed by atoms with Crippen LogP contribution in [0, 0.1) is 19.8 Å². The van der Waals surface area contributed by atoms with Crippen molar-refractivity contribution in [3.8, 4) is 0 Å². The summed E-state index contributed by atoms with van der Waals surface area (Å²) < 4.78 is 44.8. The average molecular weight is 414 g/mol. The molecule has 0 radical (unpaired) electrons. The number of carbonyl (C=O) groups is 2. The number of benzene rings is 1. The standard InChI is InChI=1S/C20H25NO3.BF4/c1-11-4-12(2)6-15(5-11)20(23)24-18-9-16-7-14-8-17(10-18)21(16)13(3)19(14)22;2-1(3,4)5/h4-6,13-14,16-18H,7-10H2,1-3H3;/q;-1. The van der Waals surface area contributed by atoms with Gasteiger partial charge in [-0.2, -0.15) is 0 Å². The van der Waals surface area contributed by atoms with Crippen LogP contribution in [0.1, 0.15) is 54.1 Å². The minimum Gasteiger partial charge on any atom is -0.459 e. The van der Waals surface area contributed by atoms with Crippen LogP contribution in [0.15, 0.2) is 18.2 Å². The summed E-state index contributed by atoms with van der Waals surface area (Å²) in [5.74, 6) is 0.431. The lowest BCUT2D eigenvalue weighted by Gasteiger charge is -2.57. The quantitative estimate of drug-likeness (QED) is 0.410. The molecule has 9 heteroatoms. The Balaban J connectivity index is 0.000000431. The van der Waals surface area contributed by atoms with Crippen molar-refractivity contribution in [1.82, 2.24) is 4.90 Å². The lowest BCUT2D eigenvalue weighted by Crippen LogP contribution is -2.66. The summed E-state index contributed by atoms with van der Waals surface area (Å²) in [5.41, 5.74) is 2.81. The maximum atomic E-state index is 12.5. The van der Waals surface area contributed by atoms with Gasteiger partial charge in [0.1, 0.15) is 6.10 Å². The Morgan fingerprint density at radius 2 is 1.48 bits per heavy atom. The van der Waals surface area contributed by atoms with E-state index in [2.05, 4.69) is 11.0 Å². The highest BCUT2D eigenvalue weighted by atomic mass is 19.5. The molecule has 0 saturated carbocycles. The molecule has 4 nitrogen and oxygen atoms in total. The van der Waals surface area contributed by atoms with Gasteiger partial charge in [0.2, 0.25) is 0 Å². The zero-order valence-corrected chi connectivity index (χ0v) is 16.7. The number of rotatable bonds is 2. The monoisotopic (exact) mass is 414 g/mol. The Morgan fingerprint density at radius 1 is 1.00 bits per heavy atom. The van der Waals surface area contributed by atoms with Crippen molar-refractivity contribution in [1.29, 1.82) is 0 Å². The molecule has 4 saturated heterocycles. The Labute approximate surface area is 167 Å². The molecule has 4 heterocycles. The van der Waals surface area contributed by atoms with E-state index < -0.39 is 7.25 Å². The summed E-state index contributed by atoms with van der Waals surface area (Å²) in [6.07, 6.45) is 3.59. The number of fused-ring (bicyclic) bond motifs is 1. The summed E-state index contributed by atoms with van der Waals surface area (Å²) in [5, 5.41) is 0. The van der Waals surface area contributed by atoms with Crippen LogP contribution in [0.2, 0.25) is 0 Å². The number of ketones is 1. The van der Waals surface area contributed by atoms with Gasteiger partial charge in [-0.15, -0.1) is 0 Å². The molecule has 4 aliphatic heterocycles. The molecular formula is C20H25BF4NO3-. The van der Waals surface area contributed by atoms with Gasteiger partial charge < -0.3 is 22.0 Å². The first kappa shape index (κ1) is 21.8. The number of hydrogen-bond acceptors (Lipinski definition) is 4. The fraction of sp³-hybridized carbons (Fsp3) is 0.600. The highest BCUT2D eigenvalue weighted by molar-refractivity contribution is 6.50. The van der Waals surface area contributed by atoms with Gasteiger partial charge in [0.05, 0.1) is 11.6 Å². The number of aryl methyl sites for hydroxylation is 2. The van der Waals surface area contributed by atoms with Gasteiger partial charge in [0, 0.05) is 30.8 Å². The summed E-state index contributed by atoms with van der Waals surface area (Å²) >= 11 is 0. The largest absolute Gasteiger partial charge is 0.673 e. The first-order chi connectivity index (χ1) is 13.4. The Kier molecular flexibility index (Phi) is 6.08. The van der Waals surface area contributed by atoms with Crippen molar-refractivity contribution in [2.45, 2.75) is 70.7 Å². The van der Waals surface area contributed by atoms with Crippen LogP contribution in [-0.2, 0) is 9.53 Å². The van der Waals surface area contributed by atoms with Crippen molar-refractivity contribution >= 4 is 19.0 Å². The second-order valence-electron chi connectivity index (χ2n) is 8.37. The number of ether oxygens (including phenoxy) is 1. The van der Waals surface area contributed by atoms with Gasteiger partial charge >= 0.3 is 13.2 Å². The molecule has 1 aromatic rings. The second-order valence-corrected chi connectivity index (χ2v) is 8.37. The Hall–Kier alpha value is -1.90. The molecule has 4 bridgehead atoms. The van der Waals surface area contributed by atoms with Gasteiger partial charge in [-0.05, 0) is 45.7 Å². The second kappa shape index (κ2) is 8.09. The number of halogens is 4. The van der Waals surface area contributed by atoms with E-state index >= 15 is 0 Å². The third-order valence-electron chi connectivity index (χ3n) is 6.02. The van der Waals surface area contributed by atoms with Crippen LogP contribution in [0.25, 0.3) is 0 Å². The lowest BCUT2D eigenvalue weighted by atomic mass is 9.69. The van der Waals surface area contributed by atoms with E-state index in [0.717, 1.165) is 36.8 Å². The van der Waals surface area contributed by atoms with Crippen LogP contribution < -0.4 is 0 Å². The fourth-order valence-corrected chi connectivity index (χ4v) is 5.19. The van der Waals surface area contributed by atoms with Crippen molar-refractivity contribution < 1.29 is 31.6 Å². The van der Waals surface area contributed by atoms with E-state index in [1.807, 2.05) is 32.9 Å². The summed E-state index contributed by atoms with van der Waals surface area (Å²) in [6, 6.07) is 6.68. The number of esters is 1. The smallest absolute Gasteiger partial charge is 0.459 e. The number of Topliss-reactive ketones (excluding diaryl/α,β-unsaturated/α-hetero) is 1. The molecule has 4 aliphatic rings. The molecule has 0 N–H and O–H groups in total. The van der Waals surface area contributed by atoms with E-state index in [0.29, 0.717) is 23.4 Å². The minimum atomic E-state index is -6.00. The first-order valence-corrected chi connectivity index (χ1v) is 9.90. The SMILES string of the molecule is Cc1cc(C)cc(C(=O)OC2CC3CC4CC(C2)N3C(C)C4=O)c1.F[B-](F)(F)F. The number of piperidine rings is 4. The minimum absolute atomic E-state index is 0.0223. The average Bonchev–Trinajstić information content (AvgIpc) is 2.55.